The van der Waals surface area contributed by atoms with E-state index in [0.29, 0.717) is 11.1 Å². The van der Waals surface area contributed by atoms with E-state index >= 15 is 0 Å². The molecule has 0 radical (unpaired) electrons. The Morgan fingerprint density at radius 2 is 1.70 bits per heavy atom. The van der Waals surface area contributed by atoms with Crippen LogP contribution in [0.1, 0.15) is 61.4 Å². The van der Waals surface area contributed by atoms with Crippen LogP contribution in [0.4, 0.5) is 0 Å². The predicted molar refractivity (Wildman–Crippen MR) is 114 cm³/mol. The zero-order valence-electron chi connectivity index (χ0n) is 17.0. The Kier molecular flexibility index (Phi) is 7.31. The Morgan fingerprint density at radius 1 is 1.04 bits per heavy atom. The summed E-state index contributed by atoms with van der Waals surface area (Å²) in [4.78, 5) is 11.5. The highest BCUT2D eigenvalue weighted by Gasteiger charge is 2.26. The van der Waals surface area contributed by atoms with Gasteiger partial charge in [-0.05, 0) is 38.2 Å². The average molecular weight is 389 g/mol. The van der Waals surface area contributed by atoms with E-state index in [1.165, 1.54) is 38.2 Å². The van der Waals surface area contributed by atoms with Crippen LogP contribution in [0.2, 0.25) is 19.1 Å². The van der Waals surface area contributed by atoms with Crippen LogP contribution in [0.3, 0.4) is 0 Å². The number of benzene rings is 2. The molecule has 5 heteroatoms. The summed E-state index contributed by atoms with van der Waals surface area (Å²) in [5.41, 5.74) is 0.941. The standard InChI is InChI=1S/C22H32O4Si/c1-5-6-7-8-9-10-13-27(3,4)26-20-15-19(22(24)25)21(23)17-12-11-16(2)14-18(17)20/h11-12,14-15,23H,5-10,13H2,1-4H3,(H,24,25). The number of carboxylic acid groups (broad SMARTS) is 1. The highest BCUT2D eigenvalue weighted by Crippen LogP contribution is 2.38. The van der Waals surface area contributed by atoms with Gasteiger partial charge in [0.1, 0.15) is 17.1 Å². The lowest BCUT2D eigenvalue weighted by atomic mass is 10.0. The number of phenols is 1. The average Bonchev–Trinajstić information content (AvgIpc) is 2.60. The molecule has 4 nitrogen and oxygen atoms in total. The lowest BCUT2D eigenvalue weighted by molar-refractivity contribution is 0.0693. The van der Waals surface area contributed by atoms with Crippen molar-refractivity contribution >= 4 is 25.1 Å². The Labute approximate surface area is 163 Å². The molecule has 0 saturated carbocycles. The van der Waals surface area contributed by atoms with Crippen LogP contribution < -0.4 is 4.43 Å². The van der Waals surface area contributed by atoms with Crippen molar-refractivity contribution in [2.45, 2.75) is 71.5 Å². The quantitative estimate of drug-likeness (QED) is 0.360. The molecule has 2 aromatic carbocycles. The van der Waals surface area contributed by atoms with Gasteiger partial charge in [0.05, 0.1) is 0 Å². The maximum atomic E-state index is 11.5. The molecule has 0 fully saturated rings. The number of hydrogen-bond donors (Lipinski definition) is 2. The van der Waals surface area contributed by atoms with Gasteiger partial charge in [-0.15, -0.1) is 0 Å². The van der Waals surface area contributed by atoms with E-state index in [1.54, 1.807) is 6.07 Å². The van der Waals surface area contributed by atoms with Crippen LogP contribution in [-0.4, -0.2) is 24.5 Å². The van der Waals surface area contributed by atoms with Gasteiger partial charge in [0.25, 0.3) is 0 Å². The molecule has 27 heavy (non-hydrogen) atoms. The van der Waals surface area contributed by atoms with E-state index in [-0.39, 0.29) is 11.3 Å². The fraction of sp³-hybridized carbons (Fsp3) is 0.500. The number of fused-ring (bicyclic) bond motifs is 1. The summed E-state index contributed by atoms with van der Waals surface area (Å²) in [5, 5.41) is 21.1. The van der Waals surface area contributed by atoms with Crippen molar-refractivity contribution in [3.63, 3.8) is 0 Å². The number of aromatic hydroxyl groups is 1. The highest BCUT2D eigenvalue weighted by atomic mass is 28.4. The van der Waals surface area contributed by atoms with Gasteiger partial charge in [0.15, 0.2) is 0 Å². The molecular weight excluding hydrogens is 356 g/mol. The molecule has 0 aliphatic rings. The number of hydrogen-bond acceptors (Lipinski definition) is 3. The van der Waals surface area contributed by atoms with Gasteiger partial charge in [0.2, 0.25) is 8.32 Å². The molecule has 0 heterocycles. The summed E-state index contributed by atoms with van der Waals surface area (Å²) in [7, 11) is -2.00. The van der Waals surface area contributed by atoms with E-state index in [4.69, 9.17) is 4.43 Å². The van der Waals surface area contributed by atoms with Crippen LogP contribution in [-0.2, 0) is 0 Å². The fourth-order valence-corrected chi connectivity index (χ4v) is 5.39. The van der Waals surface area contributed by atoms with Crippen molar-refractivity contribution in [3.8, 4) is 11.5 Å². The van der Waals surface area contributed by atoms with Crippen molar-refractivity contribution < 1.29 is 19.4 Å². The van der Waals surface area contributed by atoms with Crippen molar-refractivity contribution in [2.24, 2.45) is 0 Å². The van der Waals surface area contributed by atoms with Gasteiger partial charge in [-0.3, -0.25) is 0 Å². The molecule has 0 spiro atoms. The second-order valence-corrected chi connectivity index (χ2v) is 12.2. The molecule has 0 aromatic heterocycles. The van der Waals surface area contributed by atoms with Gasteiger partial charge >= 0.3 is 5.97 Å². The maximum absolute atomic E-state index is 11.5. The molecule has 0 atom stereocenters. The summed E-state index contributed by atoms with van der Waals surface area (Å²) < 4.78 is 6.41. The van der Waals surface area contributed by atoms with Gasteiger partial charge in [0, 0.05) is 10.8 Å². The number of unbranched alkanes of at least 4 members (excludes halogenated alkanes) is 5. The number of aryl methyl sites for hydroxylation is 1. The summed E-state index contributed by atoms with van der Waals surface area (Å²) in [6, 6.07) is 8.11. The maximum Gasteiger partial charge on any atom is 0.339 e. The van der Waals surface area contributed by atoms with Crippen LogP contribution >= 0.6 is 0 Å². The molecule has 0 bridgehead atoms. The third-order valence-electron chi connectivity index (χ3n) is 4.98. The molecule has 2 aromatic rings. The number of carbonyl (C=O) groups is 1. The van der Waals surface area contributed by atoms with Crippen molar-refractivity contribution in [1.82, 2.24) is 0 Å². The first kappa shape index (κ1) is 21.3. The Balaban J connectivity index is 2.22. The largest absolute Gasteiger partial charge is 0.544 e. The van der Waals surface area contributed by atoms with Crippen LogP contribution in [0.25, 0.3) is 10.8 Å². The second kappa shape index (κ2) is 9.26. The molecule has 2 rings (SSSR count). The van der Waals surface area contributed by atoms with E-state index in [9.17, 15) is 15.0 Å². The Hall–Kier alpha value is -2.01. The first-order valence-corrected chi connectivity index (χ1v) is 13.1. The topological polar surface area (TPSA) is 66.8 Å². The van der Waals surface area contributed by atoms with Gasteiger partial charge in [-0.25, -0.2) is 4.79 Å². The summed E-state index contributed by atoms with van der Waals surface area (Å²) >= 11 is 0. The Morgan fingerprint density at radius 3 is 2.37 bits per heavy atom. The number of aromatic carboxylic acids is 1. The lowest BCUT2D eigenvalue weighted by Gasteiger charge is -2.26. The predicted octanol–water partition coefficient (Wildman–Crippen LogP) is 6.50. The third-order valence-corrected chi connectivity index (χ3v) is 7.31. The minimum Gasteiger partial charge on any atom is -0.544 e. The molecule has 0 unspecified atom stereocenters. The highest BCUT2D eigenvalue weighted by molar-refractivity contribution is 6.71. The zero-order chi connectivity index (χ0) is 20.0. The molecule has 148 valence electrons. The van der Waals surface area contributed by atoms with Gasteiger partial charge in [-0.1, -0.05) is 63.1 Å². The molecule has 2 N–H and O–H groups in total. The first-order valence-electron chi connectivity index (χ1n) is 9.94. The molecular formula is C22H32O4Si. The minimum absolute atomic E-state index is 0.106. The SMILES string of the molecule is CCCCCCCC[Si](C)(C)Oc1cc(C(=O)O)c(O)c2ccc(C)cc12. The zero-order valence-corrected chi connectivity index (χ0v) is 18.0. The van der Waals surface area contributed by atoms with E-state index in [0.717, 1.165) is 23.4 Å². The van der Waals surface area contributed by atoms with Crippen LogP contribution in [0, 0.1) is 6.92 Å². The summed E-state index contributed by atoms with van der Waals surface area (Å²) in [6.07, 6.45) is 7.47. The minimum atomic E-state index is -2.00. The Bertz CT molecular complexity index is 798. The van der Waals surface area contributed by atoms with E-state index in [2.05, 4.69) is 20.0 Å². The normalized spacial score (nSPS) is 11.7. The second-order valence-electron chi connectivity index (χ2n) is 8.00. The molecule has 0 aliphatic heterocycles. The fourth-order valence-electron chi connectivity index (χ4n) is 3.42. The van der Waals surface area contributed by atoms with Crippen molar-refractivity contribution in [3.05, 3.63) is 35.4 Å². The lowest BCUT2D eigenvalue weighted by Crippen LogP contribution is -2.34. The number of rotatable bonds is 10. The monoisotopic (exact) mass is 388 g/mol. The van der Waals surface area contributed by atoms with Crippen LogP contribution in [0.15, 0.2) is 24.3 Å². The van der Waals surface area contributed by atoms with Crippen LogP contribution in [0.5, 0.6) is 11.5 Å². The summed E-state index contributed by atoms with van der Waals surface area (Å²) in [6.45, 7) is 8.55. The van der Waals surface area contributed by atoms with E-state index < -0.39 is 14.3 Å². The van der Waals surface area contributed by atoms with Gasteiger partial charge < -0.3 is 14.6 Å². The van der Waals surface area contributed by atoms with Gasteiger partial charge in [-0.2, -0.15) is 0 Å². The van der Waals surface area contributed by atoms with Crippen molar-refractivity contribution in [1.29, 1.82) is 0 Å². The van der Waals surface area contributed by atoms with E-state index in [1.807, 2.05) is 19.1 Å². The number of carboxylic acids is 1. The molecule has 0 saturated heterocycles. The first-order chi connectivity index (χ1) is 12.7. The van der Waals surface area contributed by atoms with Crippen molar-refractivity contribution in [2.75, 3.05) is 0 Å². The molecule has 0 amide bonds. The summed E-state index contributed by atoms with van der Waals surface area (Å²) in [5.74, 6) is -0.762. The molecule has 0 aliphatic carbocycles. The third kappa shape index (κ3) is 5.73. The smallest absolute Gasteiger partial charge is 0.339 e.